The van der Waals surface area contributed by atoms with Crippen molar-refractivity contribution >= 4 is 16.0 Å². The quantitative estimate of drug-likeness (QED) is 0.731. The van der Waals surface area contributed by atoms with Gasteiger partial charge in [0.1, 0.15) is 12.6 Å². The molecule has 1 heterocycles. The minimum Gasteiger partial charge on any atom is -0.460 e. The zero-order valence-corrected chi connectivity index (χ0v) is 17.7. The van der Waals surface area contributed by atoms with E-state index in [1.54, 1.807) is 12.1 Å². The highest BCUT2D eigenvalue weighted by Crippen LogP contribution is 2.34. The number of nitrogens with zero attached hydrogens (tertiary/aromatic N) is 1. The van der Waals surface area contributed by atoms with Crippen molar-refractivity contribution in [1.29, 1.82) is 0 Å². The van der Waals surface area contributed by atoms with Crippen molar-refractivity contribution in [2.45, 2.75) is 44.4 Å². The molecule has 0 bridgehead atoms. The molecule has 1 fully saturated rings. The van der Waals surface area contributed by atoms with Gasteiger partial charge >= 0.3 is 5.97 Å². The third kappa shape index (κ3) is 4.52. The SMILES string of the molecule is Cc1ccc(S(=O)(=O)N2C[C@H](C(C)C)[C@H](O)[C@H]2C(=O)OCc2ccccc2)cc1. The van der Waals surface area contributed by atoms with Crippen LogP contribution in [0.15, 0.2) is 59.5 Å². The van der Waals surface area contributed by atoms with Crippen LogP contribution in [-0.4, -0.2) is 42.5 Å². The standard InChI is InChI=1S/C22H27NO5S/c1-15(2)19-13-23(29(26,27)18-11-9-16(3)10-12-18)20(21(19)24)22(25)28-14-17-7-5-4-6-8-17/h4-12,15,19-21,24H,13-14H2,1-3H3/t19-,20+,21+/m1/s1. The van der Waals surface area contributed by atoms with Crippen LogP contribution in [0.1, 0.15) is 25.0 Å². The van der Waals surface area contributed by atoms with E-state index in [1.165, 1.54) is 12.1 Å². The summed E-state index contributed by atoms with van der Waals surface area (Å²) in [6, 6.07) is 14.3. The summed E-state index contributed by atoms with van der Waals surface area (Å²) in [6.45, 7) is 5.77. The second kappa shape index (κ2) is 8.65. The smallest absolute Gasteiger partial charge is 0.327 e. The molecule has 1 aliphatic heterocycles. The maximum absolute atomic E-state index is 13.3. The number of aliphatic hydroxyl groups excluding tert-OH is 1. The van der Waals surface area contributed by atoms with Crippen molar-refractivity contribution in [3.63, 3.8) is 0 Å². The minimum absolute atomic E-state index is 0.00708. The largest absolute Gasteiger partial charge is 0.460 e. The molecular formula is C22H27NO5S. The first-order valence-corrected chi connectivity index (χ1v) is 11.1. The fraction of sp³-hybridized carbons (Fsp3) is 0.409. The van der Waals surface area contributed by atoms with E-state index in [0.717, 1.165) is 15.4 Å². The predicted molar refractivity (Wildman–Crippen MR) is 109 cm³/mol. The average molecular weight is 418 g/mol. The Balaban J connectivity index is 1.88. The van der Waals surface area contributed by atoms with Gasteiger partial charge in [0.05, 0.1) is 11.0 Å². The third-order valence-electron chi connectivity index (χ3n) is 5.41. The Morgan fingerprint density at radius 3 is 2.34 bits per heavy atom. The third-order valence-corrected chi connectivity index (χ3v) is 7.27. The van der Waals surface area contributed by atoms with E-state index in [1.807, 2.05) is 51.1 Å². The number of carbonyl (C=O) groups is 1. The molecule has 1 saturated heterocycles. The van der Waals surface area contributed by atoms with Gasteiger partial charge in [0.2, 0.25) is 10.0 Å². The number of hydrogen-bond donors (Lipinski definition) is 1. The van der Waals surface area contributed by atoms with Gasteiger partial charge < -0.3 is 9.84 Å². The number of esters is 1. The Kier molecular flexibility index (Phi) is 6.41. The van der Waals surface area contributed by atoms with Crippen molar-refractivity contribution < 1.29 is 23.1 Å². The monoisotopic (exact) mass is 417 g/mol. The van der Waals surface area contributed by atoms with Gasteiger partial charge in [-0.1, -0.05) is 61.9 Å². The molecule has 3 atom stereocenters. The average Bonchev–Trinajstić information content (AvgIpc) is 3.05. The van der Waals surface area contributed by atoms with Gasteiger partial charge in [-0.2, -0.15) is 4.31 Å². The molecule has 0 spiro atoms. The Hall–Kier alpha value is -2.22. The van der Waals surface area contributed by atoms with Crippen LogP contribution < -0.4 is 0 Å². The Bertz CT molecular complexity index is 941. The first-order chi connectivity index (χ1) is 13.7. The second-order valence-corrected chi connectivity index (χ2v) is 9.71. The van der Waals surface area contributed by atoms with E-state index in [9.17, 15) is 18.3 Å². The lowest BCUT2D eigenvalue weighted by Crippen LogP contribution is -2.46. The summed E-state index contributed by atoms with van der Waals surface area (Å²) < 4.78 is 33.0. The molecule has 0 aromatic heterocycles. The molecule has 1 aliphatic rings. The first-order valence-electron chi connectivity index (χ1n) is 9.69. The molecule has 2 aromatic carbocycles. The number of hydrogen-bond acceptors (Lipinski definition) is 5. The molecule has 0 saturated carbocycles. The van der Waals surface area contributed by atoms with Gasteiger partial charge in [0, 0.05) is 12.5 Å². The Morgan fingerprint density at radius 2 is 1.76 bits per heavy atom. The van der Waals surface area contributed by atoms with Crippen LogP contribution in [0.25, 0.3) is 0 Å². The summed E-state index contributed by atoms with van der Waals surface area (Å²) in [5.74, 6) is -1.09. The highest BCUT2D eigenvalue weighted by molar-refractivity contribution is 7.89. The summed E-state index contributed by atoms with van der Waals surface area (Å²) in [5.41, 5.74) is 1.73. The number of aliphatic hydroxyl groups is 1. The zero-order valence-electron chi connectivity index (χ0n) is 16.9. The Labute approximate surface area is 172 Å². The first kappa shape index (κ1) is 21.5. The van der Waals surface area contributed by atoms with Crippen LogP contribution in [-0.2, 0) is 26.2 Å². The van der Waals surface area contributed by atoms with E-state index >= 15 is 0 Å². The van der Waals surface area contributed by atoms with Crippen LogP contribution in [0.2, 0.25) is 0 Å². The summed E-state index contributed by atoms with van der Waals surface area (Å²) in [6.07, 6.45) is -1.13. The molecule has 6 nitrogen and oxygen atoms in total. The lowest BCUT2D eigenvalue weighted by Gasteiger charge is -2.24. The number of rotatable bonds is 6. The molecule has 29 heavy (non-hydrogen) atoms. The van der Waals surface area contributed by atoms with Crippen LogP contribution in [0.4, 0.5) is 0 Å². The lowest BCUT2D eigenvalue weighted by molar-refractivity contribution is -0.151. The number of sulfonamides is 1. The summed E-state index contributed by atoms with van der Waals surface area (Å²) in [4.78, 5) is 12.9. The van der Waals surface area contributed by atoms with Crippen LogP contribution >= 0.6 is 0 Å². The maximum Gasteiger partial charge on any atom is 0.327 e. The molecule has 0 radical (unpaired) electrons. The number of ether oxygens (including phenoxy) is 1. The van der Waals surface area contributed by atoms with E-state index in [0.29, 0.717) is 0 Å². The summed E-state index contributed by atoms with van der Waals surface area (Å²) in [7, 11) is -3.96. The van der Waals surface area contributed by atoms with Crippen molar-refractivity contribution in [2.24, 2.45) is 11.8 Å². The number of carbonyl (C=O) groups excluding carboxylic acids is 1. The van der Waals surface area contributed by atoms with E-state index < -0.39 is 28.1 Å². The lowest BCUT2D eigenvalue weighted by atomic mass is 9.91. The van der Waals surface area contributed by atoms with Crippen LogP contribution in [0.5, 0.6) is 0 Å². The van der Waals surface area contributed by atoms with Crippen LogP contribution in [0.3, 0.4) is 0 Å². The zero-order chi connectivity index (χ0) is 21.2. The van der Waals surface area contributed by atoms with Crippen molar-refractivity contribution in [3.05, 3.63) is 65.7 Å². The molecular weight excluding hydrogens is 390 g/mol. The van der Waals surface area contributed by atoms with Crippen molar-refractivity contribution in [1.82, 2.24) is 4.31 Å². The van der Waals surface area contributed by atoms with E-state index in [-0.39, 0.29) is 29.9 Å². The molecule has 0 unspecified atom stereocenters. The predicted octanol–water partition coefficient (Wildman–Crippen LogP) is 2.74. The second-order valence-electron chi connectivity index (χ2n) is 7.82. The summed E-state index contributed by atoms with van der Waals surface area (Å²) >= 11 is 0. The number of benzene rings is 2. The van der Waals surface area contributed by atoms with E-state index in [2.05, 4.69) is 0 Å². The minimum atomic E-state index is -3.96. The van der Waals surface area contributed by atoms with Gasteiger partial charge in [-0.05, 0) is 30.5 Å². The van der Waals surface area contributed by atoms with Gasteiger partial charge in [0.25, 0.3) is 0 Å². The summed E-state index contributed by atoms with van der Waals surface area (Å²) in [5, 5.41) is 10.8. The van der Waals surface area contributed by atoms with Gasteiger partial charge in [0.15, 0.2) is 0 Å². The van der Waals surface area contributed by atoms with Crippen molar-refractivity contribution in [3.8, 4) is 0 Å². The number of aryl methyl sites for hydroxylation is 1. The molecule has 0 aliphatic carbocycles. The highest BCUT2D eigenvalue weighted by atomic mass is 32.2. The molecule has 1 N–H and O–H groups in total. The van der Waals surface area contributed by atoms with Crippen molar-refractivity contribution in [2.75, 3.05) is 6.54 Å². The highest BCUT2D eigenvalue weighted by Gasteiger charge is 2.51. The topological polar surface area (TPSA) is 83.9 Å². The Morgan fingerprint density at radius 1 is 1.14 bits per heavy atom. The normalized spacial score (nSPS) is 22.7. The van der Waals surface area contributed by atoms with Gasteiger partial charge in [-0.25, -0.2) is 8.42 Å². The molecule has 0 amide bonds. The van der Waals surface area contributed by atoms with Gasteiger partial charge in [-0.15, -0.1) is 0 Å². The maximum atomic E-state index is 13.3. The molecule has 156 valence electrons. The van der Waals surface area contributed by atoms with Crippen LogP contribution in [0, 0.1) is 18.8 Å². The molecule has 7 heteroatoms. The molecule has 2 aromatic rings. The fourth-order valence-corrected chi connectivity index (χ4v) is 5.23. The molecule has 3 rings (SSSR count). The van der Waals surface area contributed by atoms with E-state index in [4.69, 9.17) is 4.74 Å². The van der Waals surface area contributed by atoms with Gasteiger partial charge in [-0.3, -0.25) is 4.79 Å². The fourth-order valence-electron chi connectivity index (χ4n) is 3.60.